The van der Waals surface area contributed by atoms with E-state index in [0.29, 0.717) is 6.42 Å². The van der Waals surface area contributed by atoms with Gasteiger partial charge in [0, 0.05) is 6.20 Å². The van der Waals surface area contributed by atoms with Gasteiger partial charge in [-0.2, -0.15) is 0 Å². The van der Waals surface area contributed by atoms with E-state index >= 15 is 0 Å². The number of carbonyl (C=O) groups is 3. The molecule has 0 bridgehead atoms. The lowest BCUT2D eigenvalue weighted by molar-refractivity contribution is -0.153. The summed E-state index contributed by atoms with van der Waals surface area (Å²) < 4.78 is 40.5. The summed E-state index contributed by atoms with van der Waals surface area (Å²) >= 11 is 0. The average Bonchev–Trinajstić information content (AvgIpc) is 2.95. The monoisotopic (exact) mass is 474 g/mol. The predicted octanol–water partition coefficient (Wildman–Crippen LogP) is 1.65. The Morgan fingerprint density at radius 3 is 2.75 bits per heavy atom. The molecule has 0 aliphatic carbocycles. The molecule has 0 aromatic heterocycles. The van der Waals surface area contributed by atoms with Crippen LogP contribution in [0.4, 0.5) is 0 Å². The minimum Gasteiger partial charge on any atom is -0.463 e. The van der Waals surface area contributed by atoms with Gasteiger partial charge in [0.15, 0.2) is 12.0 Å². The van der Waals surface area contributed by atoms with Crippen molar-refractivity contribution in [2.75, 3.05) is 13.2 Å². The SMILES string of the molecule is CCC(CCO[P@]1(=O)OC[C@H]2O[C@@H](N3C=CC(=O)CC3=O)[C@](C)(N)[C@@H]2O1)C(=O)OC(C)C. The van der Waals surface area contributed by atoms with Gasteiger partial charge in [-0.25, -0.2) is 4.57 Å². The Balaban J connectivity index is 1.62. The number of nitrogens with two attached hydrogens (primary N) is 1. The maximum Gasteiger partial charge on any atom is 0.475 e. The Hall–Kier alpha value is -1.62. The van der Waals surface area contributed by atoms with Crippen molar-refractivity contribution in [1.82, 2.24) is 4.90 Å². The highest BCUT2D eigenvalue weighted by atomic mass is 31.2. The Kier molecular flexibility index (Phi) is 7.59. The van der Waals surface area contributed by atoms with Gasteiger partial charge >= 0.3 is 13.8 Å². The maximum absolute atomic E-state index is 13.0. The lowest BCUT2D eigenvalue weighted by Gasteiger charge is -2.38. The van der Waals surface area contributed by atoms with Crippen molar-refractivity contribution in [1.29, 1.82) is 0 Å². The van der Waals surface area contributed by atoms with Crippen molar-refractivity contribution >= 4 is 25.5 Å². The lowest BCUT2D eigenvalue weighted by atomic mass is 9.92. The molecule has 3 heterocycles. The van der Waals surface area contributed by atoms with E-state index in [2.05, 4.69) is 0 Å². The molecule has 3 aliphatic rings. The van der Waals surface area contributed by atoms with E-state index in [1.807, 2.05) is 6.92 Å². The van der Waals surface area contributed by atoms with Gasteiger partial charge in [0.2, 0.25) is 5.91 Å². The number of hydrogen-bond acceptors (Lipinski definition) is 10. The first-order valence-electron chi connectivity index (χ1n) is 10.7. The summed E-state index contributed by atoms with van der Waals surface area (Å²) in [6.45, 7) is 6.86. The number of amides is 1. The zero-order chi connectivity index (χ0) is 23.7. The topological polar surface area (TPSA) is 144 Å². The third-order valence-electron chi connectivity index (χ3n) is 5.61. The molecule has 0 aromatic carbocycles. The standard InChI is InChI=1S/C20H31N2O9P/c1-5-13(18(25)29-12(2)3)7-9-27-32(26)28-11-15-17(31-32)20(4,21)19(30-15)22-8-6-14(23)10-16(22)24/h6,8,12-13,15,17,19H,5,7,9-11,21H2,1-4H3/t13?,15-,17-,19-,20-,32-/m1/s1. The molecular weight excluding hydrogens is 443 g/mol. The van der Waals surface area contributed by atoms with Gasteiger partial charge in [-0.1, -0.05) is 6.92 Å². The molecule has 2 N–H and O–H groups in total. The molecule has 12 heteroatoms. The average molecular weight is 474 g/mol. The second-order valence-electron chi connectivity index (χ2n) is 8.63. The molecule has 2 saturated heterocycles. The number of fused-ring (bicyclic) bond motifs is 1. The number of rotatable bonds is 8. The van der Waals surface area contributed by atoms with Gasteiger partial charge in [-0.05, 0) is 39.7 Å². The number of phosphoric ester groups is 1. The van der Waals surface area contributed by atoms with Crippen LogP contribution in [0.15, 0.2) is 12.3 Å². The number of ketones is 1. The van der Waals surface area contributed by atoms with E-state index in [1.54, 1.807) is 20.8 Å². The van der Waals surface area contributed by atoms with Gasteiger partial charge in [-0.15, -0.1) is 0 Å². The zero-order valence-electron chi connectivity index (χ0n) is 18.7. The Bertz CT molecular complexity index is 828. The highest BCUT2D eigenvalue weighted by Crippen LogP contribution is 2.57. The van der Waals surface area contributed by atoms with Crippen molar-refractivity contribution in [2.24, 2.45) is 11.7 Å². The molecule has 6 atom stereocenters. The fourth-order valence-corrected chi connectivity index (χ4v) is 5.37. The molecule has 11 nitrogen and oxygen atoms in total. The quantitative estimate of drug-likeness (QED) is 0.313. The summed E-state index contributed by atoms with van der Waals surface area (Å²) in [5, 5.41) is 0. The number of ether oxygens (including phenoxy) is 2. The number of hydrogen-bond donors (Lipinski definition) is 1. The summed E-state index contributed by atoms with van der Waals surface area (Å²) in [5.41, 5.74) is 5.20. The number of phosphoric acid groups is 1. The molecule has 32 heavy (non-hydrogen) atoms. The molecule has 3 rings (SSSR count). The Morgan fingerprint density at radius 1 is 1.41 bits per heavy atom. The molecule has 0 spiro atoms. The Labute approximate surface area is 187 Å². The third-order valence-corrected chi connectivity index (χ3v) is 7.06. The normalized spacial score (nSPS) is 35.8. The van der Waals surface area contributed by atoms with Crippen LogP contribution in [-0.2, 0) is 42.0 Å². The molecule has 0 aromatic rings. The molecule has 0 saturated carbocycles. The van der Waals surface area contributed by atoms with Crippen LogP contribution >= 0.6 is 7.82 Å². The van der Waals surface area contributed by atoms with Crippen LogP contribution in [-0.4, -0.2) is 65.9 Å². The van der Waals surface area contributed by atoms with Crippen LogP contribution in [0.2, 0.25) is 0 Å². The van der Waals surface area contributed by atoms with E-state index in [9.17, 15) is 18.9 Å². The van der Waals surface area contributed by atoms with Gasteiger partial charge < -0.3 is 15.2 Å². The smallest absolute Gasteiger partial charge is 0.463 e. The molecule has 3 aliphatic heterocycles. The first-order valence-corrected chi connectivity index (χ1v) is 12.2. The van der Waals surface area contributed by atoms with Crippen LogP contribution in [0.3, 0.4) is 0 Å². The zero-order valence-corrected chi connectivity index (χ0v) is 19.6. The second-order valence-corrected chi connectivity index (χ2v) is 10.3. The molecule has 2 fully saturated rings. The van der Waals surface area contributed by atoms with Crippen molar-refractivity contribution in [3.8, 4) is 0 Å². The number of allylic oxidation sites excluding steroid dienone is 1. The van der Waals surface area contributed by atoms with Crippen LogP contribution in [0.1, 0.15) is 47.0 Å². The van der Waals surface area contributed by atoms with Gasteiger partial charge in [-0.3, -0.25) is 32.9 Å². The Morgan fingerprint density at radius 2 is 2.12 bits per heavy atom. The third kappa shape index (κ3) is 5.30. The fraction of sp³-hybridized carbons (Fsp3) is 0.750. The van der Waals surface area contributed by atoms with E-state index in [0.717, 1.165) is 0 Å². The highest BCUT2D eigenvalue weighted by Gasteiger charge is 2.60. The van der Waals surface area contributed by atoms with E-state index in [4.69, 9.17) is 28.8 Å². The fourth-order valence-electron chi connectivity index (χ4n) is 3.88. The van der Waals surface area contributed by atoms with Crippen molar-refractivity contribution < 1.29 is 42.0 Å². The summed E-state index contributed by atoms with van der Waals surface area (Å²) in [4.78, 5) is 37.1. The first kappa shape index (κ1) is 25.0. The van der Waals surface area contributed by atoms with E-state index in [1.165, 1.54) is 17.2 Å². The van der Waals surface area contributed by atoms with Crippen molar-refractivity contribution in [2.45, 2.75) is 77.0 Å². The van der Waals surface area contributed by atoms with Crippen LogP contribution in [0.5, 0.6) is 0 Å². The molecule has 0 radical (unpaired) electrons. The van der Waals surface area contributed by atoms with Gasteiger partial charge in [0.25, 0.3) is 0 Å². The summed E-state index contributed by atoms with van der Waals surface area (Å²) in [5.74, 6) is -1.49. The van der Waals surface area contributed by atoms with E-state index < -0.39 is 43.6 Å². The number of carbonyl (C=O) groups excluding carboxylic acids is 3. The highest BCUT2D eigenvalue weighted by molar-refractivity contribution is 7.48. The second kappa shape index (κ2) is 9.70. The summed E-state index contributed by atoms with van der Waals surface area (Å²) in [7, 11) is -3.97. The van der Waals surface area contributed by atoms with Crippen molar-refractivity contribution in [3.05, 3.63) is 12.3 Å². The number of esters is 1. The first-order chi connectivity index (χ1) is 15.0. The van der Waals surface area contributed by atoms with E-state index in [-0.39, 0.29) is 43.9 Å². The predicted molar refractivity (Wildman–Crippen MR) is 111 cm³/mol. The lowest BCUT2D eigenvalue weighted by Crippen LogP contribution is -2.60. The van der Waals surface area contributed by atoms with Crippen LogP contribution in [0.25, 0.3) is 0 Å². The minimum absolute atomic E-state index is 0.0403. The van der Waals surface area contributed by atoms with Gasteiger partial charge in [0.05, 0.1) is 37.2 Å². The largest absolute Gasteiger partial charge is 0.475 e. The van der Waals surface area contributed by atoms with Gasteiger partial charge in [0.1, 0.15) is 12.2 Å². The van der Waals surface area contributed by atoms with Crippen LogP contribution in [0, 0.1) is 5.92 Å². The maximum atomic E-state index is 13.0. The summed E-state index contributed by atoms with van der Waals surface area (Å²) in [6.07, 6.45) is 0.452. The molecular formula is C20H31N2O9P. The van der Waals surface area contributed by atoms with Crippen LogP contribution < -0.4 is 5.73 Å². The molecule has 180 valence electrons. The summed E-state index contributed by atoms with van der Waals surface area (Å²) in [6, 6.07) is 0. The molecule has 1 unspecified atom stereocenters. The number of nitrogens with zero attached hydrogens (tertiary/aromatic N) is 1. The minimum atomic E-state index is -3.97. The molecule has 1 amide bonds. The van der Waals surface area contributed by atoms with Crippen molar-refractivity contribution in [3.63, 3.8) is 0 Å².